The lowest BCUT2D eigenvalue weighted by molar-refractivity contribution is 0.305. The molecule has 0 unspecified atom stereocenters. The van der Waals surface area contributed by atoms with Crippen LogP contribution in [0.25, 0.3) is 0 Å². The number of aromatic amines is 1. The van der Waals surface area contributed by atoms with Gasteiger partial charge in [0.15, 0.2) is 0 Å². The molecule has 90 valence electrons. The van der Waals surface area contributed by atoms with Crippen molar-refractivity contribution < 1.29 is 9.15 Å². The summed E-state index contributed by atoms with van der Waals surface area (Å²) in [6, 6.07) is 5.53. The summed E-state index contributed by atoms with van der Waals surface area (Å²) < 4.78 is 10.7. The summed E-state index contributed by atoms with van der Waals surface area (Å²) in [6.07, 6.45) is 0.564. The second-order valence-corrected chi connectivity index (χ2v) is 4.29. The van der Waals surface area contributed by atoms with Gasteiger partial charge in [-0.3, -0.25) is 0 Å². The maximum Gasteiger partial charge on any atom is 0.284 e. The molecule has 6 heteroatoms. The van der Waals surface area contributed by atoms with E-state index in [0.29, 0.717) is 18.9 Å². The Hall–Kier alpha value is -1.33. The van der Waals surface area contributed by atoms with Gasteiger partial charge in [0.25, 0.3) is 4.84 Å². The summed E-state index contributed by atoms with van der Waals surface area (Å²) in [5, 5.41) is 7.17. The lowest BCUT2D eigenvalue weighted by atomic mass is 10.2. The third kappa shape index (κ3) is 3.31. The van der Waals surface area contributed by atoms with Gasteiger partial charge in [0.05, 0.1) is 13.0 Å². The number of rotatable bonds is 4. The lowest BCUT2D eigenvalue weighted by Crippen LogP contribution is -2.01. The number of aromatic nitrogens is 2. The van der Waals surface area contributed by atoms with Crippen LogP contribution in [0.1, 0.15) is 11.5 Å². The number of nitrogens with zero attached hydrogens (tertiary/aromatic N) is 1. The topological polar surface area (TPSA) is 51.0 Å². The van der Waals surface area contributed by atoms with Gasteiger partial charge in [-0.2, -0.15) is 0 Å². The average Bonchev–Trinajstić information content (AvgIpc) is 2.70. The summed E-state index contributed by atoms with van der Waals surface area (Å²) >= 11 is 10.7. The first-order chi connectivity index (χ1) is 8.15. The molecular formula is C11H11ClN2O2S. The molecule has 2 rings (SSSR count). The van der Waals surface area contributed by atoms with Crippen LogP contribution >= 0.6 is 23.8 Å². The number of halogens is 1. The molecule has 0 radical (unpaired) electrons. The van der Waals surface area contributed by atoms with Crippen LogP contribution in [0.2, 0.25) is 5.02 Å². The van der Waals surface area contributed by atoms with Crippen LogP contribution in [0.5, 0.6) is 5.75 Å². The molecule has 0 aliphatic carbocycles. The molecule has 1 N–H and O–H groups in total. The van der Waals surface area contributed by atoms with E-state index < -0.39 is 0 Å². The Morgan fingerprint density at radius 2 is 2.35 bits per heavy atom. The van der Waals surface area contributed by atoms with Gasteiger partial charge in [0, 0.05) is 5.02 Å². The summed E-state index contributed by atoms with van der Waals surface area (Å²) in [4.78, 5) is 0.280. The van der Waals surface area contributed by atoms with E-state index in [2.05, 4.69) is 10.2 Å². The molecule has 1 aromatic heterocycles. The van der Waals surface area contributed by atoms with E-state index in [1.165, 1.54) is 0 Å². The van der Waals surface area contributed by atoms with E-state index in [4.69, 9.17) is 33.0 Å². The van der Waals surface area contributed by atoms with E-state index in [-0.39, 0.29) is 4.84 Å². The molecule has 4 nitrogen and oxygen atoms in total. The van der Waals surface area contributed by atoms with Gasteiger partial charge in [-0.05, 0) is 42.9 Å². The molecule has 2 aromatic rings. The predicted octanol–water partition coefficient (Wildman–Crippen LogP) is 3.32. The van der Waals surface area contributed by atoms with Gasteiger partial charge in [-0.25, -0.2) is 5.10 Å². The van der Waals surface area contributed by atoms with E-state index in [1.54, 1.807) is 0 Å². The molecule has 0 saturated carbocycles. The van der Waals surface area contributed by atoms with Crippen LogP contribution in [0.3, 0.4) is 0 Å². The fraction of sp³-hybridized carbons (Fsp3) is 0.273. The average molecular weight is 271 g/mol. The van der Waals surface area contributed by atoms with Crippen molar-refractivity contribution >= 4 is 23.8 Å². The first kappa shape index (κ1) is 12.1. The SMILES string of the molecule is Cc1cc(OCCc2n[nH]c(=S)o2)ccc1Cl. The minimum absolute atomic E-state index is 0.280. The van der Waals surface area contributed by atoms with Crippen molar-refractivity contribution in [2.75, 3.05) is 6.61 Å². The van der Waals surface area contributed by atoms with Gasteiger partial charge >= 0.3 is 0 Å². The molecule has 0 atom stereocenters. The molecule has 1 heterocycles. The van der Waals surface area contributed by atoms with Crippen molar-refractivity contribution in [1.82, 2.24) is 10.2 Å². The fourth-order valence-electron chi connectivity index (χ4n) is 1.33. The van der Waals surface area contributed by atoms with E-state index >= 15 is 0 Å². The highest BCUT2D eigenvalue weighted by atomic mass is 35.5. The zero-order valence-electron chi connectivity index (χ0n) is 9.20. The number of hydrogen-bond donors (Lipinski definition) is 1. The van der Waals surface area contributed by atoms with Gasteiger partial charge < -0.3 is 9.15 Å². The van der Waals surface area contributed by atoms with E-state index in [1.807, 2.05) is 25.1 Å². The van der Waals surface area contributed by atoms with Crippen molar-refractivity contribution in [3.63, 3.8) is 0 Å². The minimum atomic E-state index is 0.280. The quantitative estimate of drug-likeness (QED) is 0.866. The highest BCUT2D eigenvalue weighted by molar-refractivity contribution is 7.71. The molecule has 0 spiro atoms. The first-order valence-electron chi connectivity index (χ1n) is 5.08. The maximum atomic E-state index is 5.92. The van der Waals surface area contributed by atoms with Crippen molar-refractivity contribution in [2.45, 2.75) is 13.3 Å². The molecule has 0 bridgehead atoms. The van der Waals surface area contributed by atoms with Crippen LogP contribution in [-0.4, -0.2) is 16.8 Å². The standard InChI is InChI=1S/C11H11ClN2O2S/c1-7-6-8(2-3-9(7)12)15-5-4-10-13-14-11(17)16-10/h2-3,6H,4-5H2,1H3,(H,14,17). The van der Waals surface area contributed by atoms with Crippen molar-refractivity contribution in [1.29, 1.82) is 0 Å². The minimum Gasteiger partial charge on any atom is -0.493 e. The smallest absolute Gasteiger partial charge is 0.284 e. The van der Waals surface area contributed by atoms with E-state index in [0.717, 1.165) is 16.3 Å². The Morgan fingerprint density at radius 1 is 1.53 bits per heavy atom. The molecule has 0 saturated heterocycles. The van der Waals surface area contributed by atoms with Gasteiger partial charge in [0.1, 0.15) is 5.75 Å². The van der Waals surface area contributed by atoms with Crippen LogP contribution in [0, 0.1) is 11.8 Å². The highest BCUT2D eigenvalue weighted by Crippen LogP contribution is 2.21. The molecular weight excluding hydrogens is 260 g/mol. The number of H-pyrrole nitrogens is 1. The molecule has 0 aliphatic heterocycles. The maximum absolute atomic E-state index is 5.92. The van der Waals surface area contributed by atoms with Crippen molar-refractivity contribution in [2.24, 2.45) is 0 Å². The second-order valence-electron chi connectivity index (χ2n) is 3.52. The second kappa shape index (κ2) is 5.33. The summed E-state index contributed by atoms with van der Waals surface area (Å²) in [6.45, 7) is 2.41. The summed E-state index contributed by atoms with van der Waals surface area (Å²) in [5.41, 5.74) is 0.987. The van der Waals surface area contributed by atoms with Crippen LogP contribution in [0.4, 0.5) is 0 Å². The third-order valence-corrected chi connectivity index (χ3v) is 2.80. The number of aryl methyl sites for hydroxylation is 1. The number of benzene rings is 1. The zero-order valence-corrected chi connectivity index (χ0v) is 10.8. The lowest BCUT2D eigenvalue weighted by Gasteiger charge is -2.06. The predicted molar refractivity (Wildman–Crippen MR) is 67.1 cm³/mol. The van der Waals surface area contributed by atoms with Crippen molar-refractivity contribution in [3.8, 4) is 5.75 Å². The first-order valence-corrected chi connectivity index (χ1v) is 5.87. The van der Waals surface area contributed by atoms with Gasteiger partial charge in [0.2, 0.25) is 5.89 Å². The van der Waals surface area contributed by atoms with Crippen LogP contribution < -0.4 is 4.74 Å². The molecule has 0 aliphatic rings. The Morgan fingerprint density at radius 3 is 3.00 bits per heavy atom. The highest BCUT2D eigenvalue weighted by Gasteiger charge is 2.02. The fourth-order valence-corrected chi connectivity index (χ4v) is 1.59. The summed E-state index contributed by atoms with van der Waals surface area (Å²) in [5.74, 6) is 1.32. The number of ether oxygens (including phenoxy) is 1. The Labute approximate surface area is 109 Å². The Balaban J connectivity index is 1.89. The Bertz CT molecular complexity index is 565. The molecule has 0 fully saturated rings. The van der Waals surface area contributed by atoms with E-state index in [9.17, 15) is 0 Å². The number of hydrogen-bond acceptors (Lipinski definition) is 4. The van der Waals surface area contributed by atoms with Gasteiger partial charge in [-0.15, -0.1) is 5.10 Å². The van der Waals surface area contributed by atoms with Crippen LogP contribution in [-0.2, 0) is 6.42 Å². The largest absolute Gasteiger partial charge is 0.493 e. The van der Waals surface area contributed by atoms with Crippen LogP contribution in [0.15, 0.2) is 22.6 Å². The van der Waals surface area contributed by atoms with Gasteiger partial charge in [-0.1, -0.05) is 11.6 Å². The molecule has 17 heavy (non-hydrogen) atoms. The molecule has 0 amide bonds. The number of nitrogens with one attached hydrogen (secondary N) is 1. The van der Waals surface area contributed by atoms with Crippen molar-refractivity contribution in [3.05, 3.63) is 39.5 Å². The Kier molecular flexibility index (Phi) is 3.81. The molecule has 1 aromatic carbocycles. The third-order valence-electron chi connectivity index (χ3n) is 2.20. The zero-order chi connectivity index (χ0) is 12.3. The monoisotopic (exact) mass is 270 g/mol. The normalized spacial score (nSPS) is 10.5. The summed E-state index contributed by atoms with van der Waals surface area (Å²) in [7, 11) is 0.